The van der Waals surface area contributed by atoms with Gasteiger partial charge in [0.15, 0.2) is 0 Å². The molecular formula is C18H21ClN2O2. The zero-order chi connectivity index (χ0) is 16.4. The Morgan fingerprint density at radius 2 is 2.09 bits per heavy atom. The highest BCUT2D eigenvalue weighted by atomic mass is 35.5. The third-order valence-corrected chi connectivity index (χ3v) is 4.65. The molecule has 1 aromatic heterocycles. The van der Waals surface area contributed by atoms with Gasteiger partial charge in [-0.3, -0.25) is 4.79 Å². The van der Waals surface area contributed by atoms with Gasteiger partial charge in [0.05, 0.1) is 12.1 Å². The number of benzene rings is 1. The monoisotopic (exact) mass is 332 g/mol. The summed E-state index contributed by atoms with van der Waals surface area (Å²) >= 11 is 5.98. The fourth-order valence-corrected chi connectivity index (χ4v) is 3.43. The molecule has 3 rings (SSSR count). The third kappa shape index (κ3) is 3.53. The maximum Gasteiger partial charge on any atom is 0.270 e. The molecule has 1 aliphatic rings. The quantitative estimate of drug-likeness (QED) is 0.860. The molecule has 0 N–H and O–H groups in total. The molecule has 4 nitrogen and oxygen atoms in total. The molecule has 1 saturated heterocycles. The fraction of sp³-hybridized carbons (Fsp3) is 0.389. The van der Waals surface area contributed by atoms with Crippen molar-refractivity contribution in [2.45, 2.75) is 12.8 Å². The first-order valence-electron chi connectivity index (χ1n) is 7.81. The highest BCUT2D eigenvalue weighted by Gasteiger charge is 2.28. The van der Waals surface area contributed by atoms with Gasteiger partial charge in [0.25, 0.3) is 5.91 Å². The largest absolute Gasteiger partial charge is 0.497 e. The van der Waals surface area contributed by atoms with E-state index in [9.17, 15) is 4.79 Å². The van der Waals surface area contributed by atoms with Crippen molar-refractivity contribution >= 4 is 17.5 Å². The molecule has 1 fully saturated rings. The second-order valence-corrected chi connectivity index (χ2v) is 6.55. The molecule has 2 aromatic rings. The van der Waals surface area contributed by atoms with Gasteiger partial charge >= 0.3 is 0 Å². The minimum absolute atomic E-state index is 0.0663. The number of carbonyl (C=O) groups is 1. The number of nitrogens with zero attached hydrogens (tertiary/aromatic N) is 2. The van der Waals surface area contributed by atoms with Crippen molar-refractivity contribution in [3.63, 3.8) is 0 Å². The van der Waals surface area contributed by atoms with Crippen LogP contribution in [0.1, 0.15) is 22.5 Å². The van der Waals surface area contributed by atoms with Crippen LogP contribution in [0.15, 0.2) is 36.5 Å². The van der Waals surface area contributed by atoms with E-state index in [0.717, 1.165) is 31.7 Å². The summed E-state index contributed by atoms with van der Waals surface area (Å²) < 4.78 is 6.98. The number of rotatable bonds is 4. The number of hydrogen-bond donors (Lipinski definition) is 0. The lowest BCUT2D eigenvalue weighted by molar-refractivity contribution is 0.0777. The van der Waals surface area contributed by atoms with E-state index in [-0.39, 0.29) is 5.91 Å². The minimum atomic E-state index is 0.0663. The Hall–Kier alpha value is -1.94. The Kier molecular flexibility index (Phi) is 4.62. The van der Waals surface area contributed by atoms with Crippen LogP contribution in [0.4, 0.5) is 0 Å². The van der Waals surface area contributed by atoms with Crippen LogP contribution in [0.3, 0.4) is 0 Å². The summed E-state index contributed by atoms with van der Waals surface area (Å²) in [6.45, 7) is 1.61. The summed E-state index contributed by atoms with van der Waals surface area (Å²) in [5, 5.41) is 0.602. The van der Waals surface area contributed by atoms with E-state index in [1.807, 2.05) is 24.1 Å². The van der Waals surface area contributed by atoms with Crippen molar-refractivity contribution in [2.75, 3.05) is 20.2 Å². The van der Waals surface area contributed by atoms with Gasteiger partial charge in [-0.05, 0) is 42.5 Å². The molecule has 0 radical (unpaired) electrons. The topological polar surface area (TPSA) is 34.5 Å². The van der Waals surface area contributed by atoms with E-state index in [2.05, 4.69) is 12.1 Å². The predicted molar refractivity (Wildman–Crippen MR) is 91.1 cm³/mol. The standard InChI is InChI=1S/C18H21ClN2O2/c1-20-12-15(19)10-17(20)18(22)21-8-7-14(11-21)9-13-3-5-16(23-2)6-4-13/h3-6,10,12,14H,7-9,11H2,1-2H3. The van der Waals surface area contributed by atoms with Gasteiger partial charge in [-0.1, -0.05) is 23.7 Å². The van der Waals surface area contributed by atoms with Crippen LogP contribution in [-0.4, -0.2) is 35.6 Å². The molecule has 1 aliphatic heterocycles. The molecule has 1 aromatic carbocycles. The number of aryl methyl sites for hydroxylation is 1. The normalized spacial score (nSPS) is 17.5. The van der Waals surface area contributed by atoms with Gasteiger partial charge in [0.1, 0.15) is 11.4 Å². The number of halogens is 1. The lowest BCUT2D eigenvalue weighted by Gasteiger charge is -2.17. The van der Waals surface area contributed by atoms with Gasteiger partial charge in [0, 0.05) is 26.3 Å². The highest BCUT2D eigenvalue weighted by molar-refractivity contribution is 6.31. The molecule has 5 heteroatoms. The number of likely N-dealkylation sites (tertiary alicyclic amines) is 1. The average Bonchev–Trinajstić information content (AvgIpc) is 3.14. The average molecular weight is 333 g/mol. The molecule has 1 amide bonds. The van der Waals surface area contributed by atoms with Gasteiger partial charge in [-0.25, -0.2) is 0 Å². The van der Waals surface area contributed by atoms with Crippen LogP contribution in [0, 0.1) is 5.92 Å². The summed E-state index contributed by atoms with van der Waals surface area (Å²) in [6, 6.07) is 9.90. The second kappa shape index (κ2) is 6.67. The first-order chi connectivity index (χ1) is 11.1. The smallest absolute Gasteiger partial charge is 0.270 e. The molecule has 1 atom stereocenters. The van der Waals surface area contributed by atoms with Crippen molar-refractivity contribution in [1.29, 1.82) is 0 Å². The molecule has 122 valence electrons. The van der Waals surface area contributed by atoms with Crippen molar-refractivity contribution < 1.29 is 9.53 Å². The van der Waals surface area contributed by atoms with Crippen LogP contribution >= 0.6 is 11.6 Å². The summed E-state index contributed by atoms with van der Waals surface area (Å²) in [7, 11) is 3.52. The zero-order valence-electron chi connectivity index (χ0n) is 13.5. The molecule has 0 spiro atoms. The molecule has 23 heavy (non-hydrogen) atoms. The van der Waals surface area contributed by atoms with Gasteiger partial charge < -0.3 is 14.2 Å². The zero-order valence-corrected chi connectivity index (χ0v) is 14.2. The number of amides is 1. The van der Waals surface area contributed by atoms with E-state index >= 15 is 0 Å². The second-order valence-electron chi connectivity index (χ2n) is 6.11. The molecule has 1 unspecified atom stereocenters. The van der Waals surface area contributed by atoms with E-state index in [0.29, 0.717) is 16.6 Å². The predicted octanol–water partition coefficient (Wildman–Crippen LogP) is 3.39. The number of ether oxygens (including phenoxy) is 1. The van der Waals surface area contributed by atoms with Crippen molar-refractivity contribution in [1.82, 2.24) is 9.47 Å². The molecular weight excluding hydrogens is 312 g/mol. The summed E-state index contributed by atoms with van der Waals surface area (Å²) in [4.78, 5) is 14.5. The first kappa shape index (κ1) is 15.9. The van der Waals surface area contributed by atoms with Crippen LogP contribution in [0.2, 0.25) is 5.02 Å². The van der Waals surface area contributed by atoms with Crippen LogP contribution in [0.5, 0.6) is 5.75 Å². The van der Waals surface area contributed by atoms with E-state index < -0.39 is 0 Å². The van der Waals surface area contributed by atoms with Gasteiger partial charge in [-0.2, -0.15) is 0 Å². The highest BCUT2D eigenvalue weighted by Crippen LogP contribution is 2.24. The summed E-state index contributed by atoms with van der Waals surface area (Å²) in [6.07, 6.45) is 3.79. The maximum atomic E-state index is 12.6. The van der Waals surface area contributed by atoms with E-state index in [4.69, 9.17) is 16.3 Å². The Balaban J connectivity index is 1.61. The maximum absolute atomic E-state index is 12.6. The Bertz CT molecular complexity index is 694. The third-order valence-electron chi connectivity index (χ3n) is 4.45. The number of hydrogen-bond acceptors (Lipinski definition) is 2. The van der Waals surface area contributed by atoms with Crippen LogP contribution in [-0.2, 0) is 13.5 Å². The lowest BCUT2D eigenvalue weighted by Crippen LogP contribution is -2.30. The Morgan fingerprint density at radius 3 is 2.70 bits per heavy atom. The lowest BCUT2D eigenvalue weighted by atomic mass is 9.99. The van der Waals surface area contributed by atoms with Gasteiger partial charge in [-0.15, -0.1) is 0 Å². The molecule has 0 saturated carbocycles. The number of methoxy groups -OCH3 is 1. The minimum Gasteiger partial charge on any atom is -0.497 e. The summed E-state index contributed by atoms with van der Waals surface area (Å²) in [5.74, 6) is 1.44. The SMILES string of the molecule is COc1ccc(CC2CCN(C(=O)c3cc(Cl)cn3C)C2)cc1. The van der Waals surface area contributed by atoms with Crippen molar-refractivity contribution in [3.05, 3.63) is 52.8 Å². The summed E-state index contributed by atoms with van der Waals surface area (Å²) in [5.41, 5.74) is 1.94. The van der Waals surface area contributed by atoms with Crippen LogP contribution < -0.4 is 4.74 Å². The van der Waals surface area contributed by atoms with Crippen molar-refractivity contribution in [2.24, 2.45) is 13.0 Å². The Morgan fingerprint density at radius 1 is 1.35 bits per heavy atom. The fourth-order valence-electron chi connectivity index (χ4n) is 3.18. The molecule has 0 bridgehead atoms. The van der Waals surface area contributed by atoms with Gasteiger partial charge in [0.2, 0.25) is 0 Å². The Labute approximate surface area is 141 Å². The van der Waals surface area contributed by atoms with E-state index in [1.54, 1.807) is 23.9 Å². The molecule has 0 aliphatic carbocycles. The van der Waals surface area contributed by atoms with E-state index in [1.165, 1.54) is 5.56 Å². The number of aromatic nitrogens is 1. The molecule has 2 heterocycles. The first-order valence-corrected chi connectivity index (χ1v) is 8.18. The number of carbonyl (C=O) groups excluding carboxylic acids is 1. The van der Waals surface area contributed by atoms with Crippen molar-refractivity contribution in [3.8, 4) is 5.75 Å². The van der Waals surface area contributed by atoms with Crippen LogP contribution in [0.25, 0.3) is 0 Å².